The third-order valence-corrected chi connectivity index (χ3v) is 7.00. The molecule has 0 aliphatic carbocycles. The van der Waals surface area contributed by atoms with Gasteiger partial charge in [-0.1, -0.05) is 31.2 Å². The van der Waals surface area contributed by atoms with Crippen LogP contribution in [-0.2, 0) is 14.8 Å². The van der Waals surface area contributed by atoms with E-state index in [1.165, 1.54) is 23.5 Å². The van der Waals surface area contributed by atoms with Crippen molar-refractivity contribution in [1.82, 2.24) is 4.90 Å². The molecule has 1 heterocycles. The van der Waals surface area contributed by atoms with Crippen molar-refractivity contribution in [2.75, 3.05) is 31.0 Å². The first-order valence-electron chi connectivity index (χ1n) is 9.83. The number of ether oxygens (including phenoxy) is 1. The van der Waals surface area contributed by atoms with Crippen LogP contribution in [0.15, 0.2) is 53.4 Å². The first-order valence-corrected chi connectivity index (χ1v) is 11.3. The van der Waals surface area contributed by atoms with Crippen LogP contribution in [0.1, 0.15) is 25.3 Å². The second-order valence-corrected chi connectivity index (χ2v) is 9.45. The molecule has 0 aromatic heterocycles. The van der Waals surface area contributed by atoms with E-state index in [-0.39, 0.29) is 17.3 Å². The molecule has 0 spiro atoms. The van der Waals surface area contributed by atoms with Gasteiger partial charge in [0.1, 0.15) is 12.3 Å². The zero-order chi connectivity index (χ0) is 21.0. The summed E-state index contributed by atoms with van der Waals surface area (Å²) in [4.78, 5) is 15.0. The van der Waals surface area contributed by atoms with Crippen LogP contribution in [0.4, 0.5) is 5.69 Å². The fourth-order valence-electron chi connectivity index (χ4n) is 3.65. The van der Waals surface area contributed by atoms with Crippen LogP contribution in [0.5, 0.6) is 5.75 Å². The van der Waals surface area contributed by atoms with Gasteiger partial charge in [-0.2, -0.15) is 0 Å². The minimum Gasteiger partial charge on any atom is -0.495 e. The lowest BCUT2D eigenvalue weighted by Crippen LogP contribution is -2.46. The highest BCUT2D eigenvalue weighted by Crippen LogP contribution is 2.33. The number of piperidine rings is 1. The van der Waals surface area contributed by atoms with Crippen molar-refractivity contribution < 1.29 is 17.9 Å². The third kappa shape index (κ3) is 4.72. The maximum absolute atomic E-state index is 13.5. The average Bonchev–Trinajstić information content (AvgIpc) is 2.72. The van der Waals surface area contributed by atoms with Gasteiger partial charge in [0, 0.05) is 13.1 Å². The normalized spacial score (nSPS) is 17.1. The lowest BCUT2D eigenvalue weighted by Gasteiger charge is -2.33. The number of hydrogen-bond donors (Lipinski definition) is 0. The Kier molecular flexibility index (Phi) is 6.47. The molecule has 1 amide bonds. The maximum atomic E-state index is 13.5. The van der Waals surface area contributed by atoms with Crippen molar-refractivity contribution in [3.05, 3.63) is 54.1 Å². The average molecular weight is 417 g/mol. The maximum Gasteiger partial charge on any atom is 0.264 e. The summed E-state index contributed by atoms with van der Waals surface area (Å²) in [5, 5.41) is 0. The van der Waals surface area contributed by atoms with Crippen LogP contribution >= 0.6 is 0 Å². The molecule has 0 bridgehead atoms. The predicted octanol–water partition coefficient (Wildman–Crippen LogP) is 3.46. The lowest BCUT2D eigenvalue weighted by molar-refractivity contribution is -0.131. The van der Waals surface area contributed by atoms with Gasteiger partial charge in [-0.15, -0.1) is 0 Å². The summed E-state index contributed by atoms with van der Waals surface area (Å²) in [6.45, 7) is 5.05. The molecule has 7 heteroatoms. The SMILES string of the molecule is COc1ccc(C)cc1N(CC(=O)N1CCC[C@H](C)C1)S(=O)(=O)c1ccccc1. The molecule has 6 nitrogen and oxygen atoms in total. The molecule has 1 fully saturated rings. The van der Waals surface area contributed by atoms with Crippen molar-refractivity contribution in [3.8, 4) is 5.75 Å². The first kappa shape index (κ1) is 21.2. The number of methoxy groups -OCH3 is 1. The highest BCUT2D eigenvalue weighted by atomic mass is 32.2. The Morgan fingerprint density at radius 3 is 2.59 bits per heavy atom. The van der Waals surface area contributed by atoms with Gasteiger partial charge < -0.3 is 9.64 Å². The number of benzene rings is 2. The number of likely N-dealkylation sites (tertiary alicyclic amines) is 1. The molecule has 0 radical (unpaired) electrons. The molecule has 1 aliphatic heterocycles. The number of nitrogens with zero attached hydrogens (tertiary/aromatic N) is 2. The summed E-state index contributed by atoms with van der Waals surface area (Å²) in [5.41, 5.74) is 1.25. The molecular weight excluding hydrogens is 388 g/mol. The largest absolute Gasteiger partial charge is 0.495 e. The first-order chi connectivity index (χ1) is 13.8. The number of amides is 1. The molecule has 29 heavy (non-hydrogen) atoms. The number of hydrogen-bond acceptors (Lipinski definition) is 4. The molecule has 156 valence electrons. The standard InChI is InChI=1S/C22H28N2O4S/c1-17-11-12-21(28-3)20(14-17)24(29(26,27)19-9-5-4-6-10-19)16-22(25)23-13-7-8-18(2)15-23/h4-6,9-12,14,18H,7-8,13,15-16H2,1-3H3/t18-/m0/s1. The molecule has 1 saturated heterocycles. The van der Waals surface area contributed by atoms with Crippen LogP contribution in [0.3, 0.4) is 0 Å². The van der Waals surface area contributed by atoms with E-state index in [1.54, 1.807) is 35.2 Å². The quantitative estimate of drug-likeness (QED) is 0.723. The minimum atomic E-state index is -3.94. The van der Waals surface area contributed by atoms with Gasteiger partial charge >= 0.3 is 0 Å². The zero-order valence-electron chi connectivity index (χ0n) is 17.2. The number of carbonyl (C=O) groups excluding carboxylic acids is 1. The Labute approximate surface area is 173 Å². The van der Waals surface area contributed by atoms with Crippen molar-refractivity contribution >= 4 is 21.6 Å². The van der Waals surface area contributed by atoms with E-state index < -0.39 is 10.0 Å². The van der Waals surface area contributed by atoms with Gasteiger partial charge in [0.05, 0.1) is 17.7 Å². The van der Waals surface area contributed by atoms with Crippen LogP contribution in [-0.4, -0.2) is 46.0 Å². The van der Waals surface area contributed by atoms with E-state index in [4.69, 9.17) is 4.74 Å². The summed E-state index contributed by atoms with van der Waals surface area (Å²) in [7, 11) is -2.45. The molecule has 1 atom stereocenters. The second-order valence-electron chi connectivity index (χ2n) is 7.59. The topological polar surface area (TPSA) is 66.9 Å². The van der Waals surface area contributed by atoms with E-state index >= 15 is 0 Å². The number of sulfonamides is 1. The van der Waals surface area contributed by atoms with E-state index in [9.17, 15) is 13.2 Å². The van der Waals surface area contributed by atoms with Crippen LogP contribution in [0.2, 0.25) is 0 Å². The summed E-state index contributed by atoms with van der Waals surface area (Å²) in [6, 6.07) is 13.5. The van der Waals surface area contributed by atoms with Gasteiger partial charge in [-0.25, -0.2) is 8.42 Å². The van der Waals surface area contributed by atoms with Gasteiger partial charge in [0.25, 0.3) is 10.0 Å². The van der Waals surface area contributed by atoms with Crippen LogP contribution < -0.4 is 9.04 Å². The third-order valence-electron chi connectivity index (χ3n) is 5.22. The number of carbonyl (C=O) groups is 1. The van der Waals surface area contributed by atoms with E-state index in [2.05, 4.69) is 6.92 Å². The van der Waals surface area contributed by atoms with Crippen molar-refractivity contribution in [2.24, 2.45) is 5.92 Å². The molecule has 0 unspecified atom stereocenters. The Bertz CT molecular complexity index is 960. The Morgan fingerprint density at radius 2 is 1.93 bits per heavy atom. The van der Waals surface area contributed by atoms with E-state index in [1.807, 2.05) is 13.0 Å². The zero-order valence-corrected chi connectivity index (χ0v) is 18.0. The van der Waals surface area contributed by atoms with Crippen molar-refractivity contribution in [3.63, 3.8) is 0 Å². The van der Waals surface area contributed by atoms with E-state index in [0.717, 1.165) is 18.4 Å². The molecule has 1 aliphatic rings. The Balaban J connectivity index is 2.03. The summed E-state index contributed by atoms with van der Waals surface area (Å²) in [5.74, 6) is 0.634. The highest BCUT2D eigenvalue weighted by molar-refractivity contribution is 7.92. The molecule has 3 rings (SSSR count). The smallest absolute Gasteiger partial charge is 0.264 e. The monoisotopic (exact) mass is 416 g/mol. The summed E-state index contributed by atoms with van der Waals surface area (Å²) < 4.78 is 33.6. The number of anilines is 1. The Hall–Kier alpha value is -2.54. The number of rotatable bonds is 6. The highest BCUT2D eigenvalue weighted by Gasteiger charge is 2.32. The number of aryl methyl sites for hydroxylation is 1. The van der Waals surface area contributed by atoms with Gasteiger partial charge in [0.15, 0.2) is 0 Å². The van der Waals surface area contributed by atoms with Gasteiger partial charge in [-0.05, 0) is 55.5 Å². The molecule has 0 saturated carbocycles. The fraction of sp³-hybridized carbons (Fsp3) is 0.409. The van der Waals surface area contributed by atoms with E-state index in [0.29, 0.717) is 30.4 Å². The molecule has 2 aromatic carbocycles. The van der Waals surface area contributed by atoms with Gasteiger partial charge in [0.2, 0.25) is 5.91 Å². The second kappa shape index (κ2) is 8.86. The summed E-state index contributed by atoms with van der Waals surface area (Å²) in [6.07, 6.45) is 2.02. The summed E-state index contributed by atoms with van der Waals surface area (Å²) >= 11 is 0. The van der Waals surface area contributed by atoms with Crippen molar-refractivity contribution in [2.45, 2.75) is 31.6 Å². The fourth-order valence-corrected chi connectivity index (χ4v) is 5.09. The molecular formula is C22H28N2O4S. The van der Waals surface area contributed by atoms with Crippen LogP contribution in [0, 0.1) is 12.8 Å². The molecule has 0 N–H and O–H groups in total. The minimum absolute atomic E-state index is 0.142. The Morgan fingerprint density at radius 1 is 1.21 bits per heavy atom. The molecule has 2 aromatic rings. The predicted molar refractivity (Wildman–Crippen MR) is 114 cm³/mol. The lowest BCUT2D eigenvalue weighted by atomic mass is 10.0. The van der Waals surface area contributed by atoms with Crippen LogP contribution in [0.25, 0.3) is 0 Å². The van der Waals surface area contributed by atoms with Crippen molar-refractivity contribution in [1.29, 1.82) is 0 Å². The van der Waals surface area contributed by atoms with Gasteiger partial charge in [-0.3, -0.25) is 9.10 Å².